The van der Waals surface area contributed by atoms with Gasteiger partial charge in [-0.3, -0.25) is 0 Å². The molecule has 8 nitrogen and oxygen atoms in total. The zero-order valence-electron chi connectivity index (χ0n) is 26.1. The minimum absolute atomic E-state index is 0.0208. The monoisotopic (exact) mass is 626 g/mol. The van der Waals surface area contributed by atoms with E-state index in [1.807, 2.05) is 36.4 Å². The predicted molar refractivity (Wildman–Crippen MR) is 170 cm³/mol. The average molecular weight is 627 g/mol. The highest BCUT2D eigenvalue weighted by atomic mass is 28.4. The van der Waals surface area contributed by atoms with Crippen molar-refractivity contribution in [1.29, 1.82) is 0 Å². The van der Waals surface area contributed by atoms with Gasteiger partial charge in [0.2, 0.25) is 6.29 Å². The summed E-state index contributed by atoms with van der Waals surface area (Å²) in [6.45, 7) is 13.9. The minimum Gasteiger partial charge on any atom is -0.464 e. The fourth-order valence-electron chi connectivity index (χ4n) is 6.11. The zero-order valence-corrected chi connectivity index (χ0v) is 28.1. The van der Waals surface area contributed by atoms with Crippen LogP contribution in [-0.4, -0.2) is 76.6 Å². The first-order chi connectivity index (χ1) is 20.4. The second kappa shape index (κ2) is 12.7. The average Bonchev–Trinajstić information content (AvgIpc) is 3.66. The van der Waals surface area contributed by atoms with E-state index in [1.165, 1.54) is 0 Å². The normalized spacial score (nSPS) is 28.4. The summed E-state index contributed by atoms with van der Waals surface area (Å²) in [5.41, 5.74) is -1.42. The van der Waals surface area contributed by atoms with Crippen molar-refractivity contribution in [3.05, 3.63) is 84.8 Å². The van der Waals surface area contributed by atoms with Gasteiger partial charge >= 0.3 is 0 Å². The Hall–Kier alpha value is -2.13. The van der Waals surface area contributed by atoms with E-state index >= 15 is 0 Å². The van der Waals surface area contributed by atoms with Crippen molar-refractivity contribution in [3.8, 4) is 0 Å². The Bertz CT molecular complexity index is 1250. The Morgan fingerprint density at radius 1 is 0.907 bits per heavy atom. The number of aliphatic hydroxyl groups excluding tert-OH is 2. The van der Waals surface area contributed by atoms with Gasteiger partial charge in [0.1, 0.15) is 18.3 Å². The van der Waals surface area contributed by atoms with Gasteiger partial charge in [0, 0.05) is 14.7 Å². The summed E-state index contributed by atoms with van der Waals surface area (Å²) in [5, 5.41) is 24.9. The first-order valence-corrected chi connectivity index (χ1v) is 20.7. The summed E-state index contributed by atoms with van der Waals surface area (Å²) < 4.78 is 37.8. The molecule has 10 heteroatoms. The highest BCUT2D eigenvalue weighted by Gasteiger charge is 2.62. The highest BCUT2D eigenvalue weighted by molar-refractivity contribution is 6.99. The molecule has 5 rings (SSSR count). The molecule has 2 aliphatic heterocycles. The Labute approximate surface area is 257 Å². The van der Waals surface area contributed by atoms with Crippen LogP contribution in [0.2, 0.25) is 30.7 Å². The van der Waals surface area contributed by atoms with Crippen molar-refractivity contribution in [3.63, 3.8) is 0 Å². The van der Waals surface area contributed by atoms with Crippen LogP contribution < -0.4 is 10.4 Å². The molecule has 3 aromatic rings. The van der Waals surface area contributed by atoms with Gasteiger partial charge in [-0.1, -0.05) is 101 Å². The van der Waals surface area contributed by atoms with Gasteiger partial charge in [-0.15, -0.1) is 0 Å². The lowest BCUT2D eigenvalue weighted by Gasteiger charge is -2.50. The number of furan rings is 1. The van der Waals surface area contributed by atoms with Crippen molar-refractivity contribution in [2.75, 3.05) is 19.8 Å². The molecular weight excluding hydrogens is 581 g/mol. The van der Waals surface area contributed by atoms with Crippen LogP contribution in [0.1, 0.15) is 32.8 Å². The molecule has 234 valence electrons. The summed E-state index contributed by atoms with van der Waals surface area (Å²) in [7, 11) is -4.36. The molecular formula is C33H46O8Si2. The van der Waals surface area contributed by atoms with E-state index < -0.39 is 52.9 Å². The third-order valence-electron chi connectivity index (χ3n) is 8.51. The van der Waals surface area contributed by atoms with Crippen molar-refractivity contribution >= 4 is 26.8 Å². The Balaban J connectivity index is 1.51. The maximum atomic E-state index is 11.7. The molecule has 6 atom stereocenters. The lowest BCUT2D eigenvalue weighted by Crippen LogP contribution is -2.71. The second-order valence-corrected chi connectivity index (χ2v) is 23.7. The molecule has 43 heavy (non-hydrogen) atoms. The molecule has 0 radical (unpaired) electrons. The molecule has 0 amide bonds. The van der Waals surface area contributed by atoms with Gasteiger partial charge in [-0.05, 0) is 33.6 Å². The van der Waals surface area contributed by atoms with Crippen molar-refractivity contribution in [2.24, 2.45) is 0 Å². The van der Waals surface area contributed by atoms with E-state index in [9.17, 15) is 10.2 Å². The van der Waals surface area contributed by atoms with Crippen molar-refractivity contribution in [1.82, 2.24) is 0 Å². The highest BCUT2D eigenvalue weighted by Crippen LogP contribution is 2.45. The van der Waals surface area contributed by atoms with Gasteiger partial charge in [0.15, 0.2) is 17.7 Å². The molecule has 2 aromatic carbocycles. The quantitative estimate of drug-likeness (QED) is 0.319. The molecule has 0 bridgehead atoms. The number of aliphatic hydroxyl groups is 2. The summed E-state index contributed by atoms with van der Waals surface area (Å²) in [5.74, 6) is 0.471. The fourth-order valence-corrected chi connectivity index (χ4v) is 11.4. The van der Waals surface area contributed by atoms with Gasteiger partial charge in [0.05, 0.1) is 19.5 Å². The van der Waals surface area contributed by atoms with E-state index in [0.717, 1.165) is 16.4 Å². The SMILES string of the molecule is CC(C)(C)[Si](OC[C@H]1O[C@@H](OCC[Si](C)(C)C)[C@H](O)[C@@H](O)[C@]12CO[C@H](c1ccco1)O2)(c1ccccc1)c1ccccc1. The molecule has 2 saturated heterocycles. The predicted octanol–water partition coefficient (Wildman–Crippen LogP) is 4.44. The molecule has 3 heterocycles. The third kappa shape index (κ3) is 6.49. The van der Waals surface area contributed by atoms with Gasteiger partial charge in [-0.25, -0.2) is 0 Å². The topological polar surface area (TPSA) is 99.8 Å². The van der Waals surface area contributed by atoms with Crippen molar-refractivity contribution in [2.45, 2.75) is 88.0 Å². The third-order valence-corrected chi connectivity index (χ3v) is 15.2. The maximum absolute atomic E-state index is 11.7. The molecule has 2 aliphatic rings. The van der Waals surface area contributed by atoms with Crippen LogP contribution in [0.25, 0.3) is 0 Å². The second-order valence-electron chi connectivity index (χ2n) is 13.8. The van der Waals surface area contributed by atoms with E-state index in [0.29, 0.717) is 12.4 Å². The Morgan fingerprint density at radius 2 is 1.53 bits per heavy atom. The lowest BCUT2D eigenvalue weighted by molar-refractivity contribution is -0.333. The summed E-state index contributed by atoms with van der Waals surface area (Å²) in [6.07, 6.45) is -3.88. The van der Waals surface area contributed by atoms with Gasteiger partial charge in [0.25, 0.3) is 8.32 Å². The van der Waals surface area contributed by atoms with E-state index in [1.54, 1.807) is 18.4 Å². The summed E-state index contributed by atoms with van der Waals surface area (Å²) in [6, 6.07) is 25.1. The van der Waals surface area contributed by atoms with Crippen LogP contribution in [-0.2, 0) is 23.4 Å². The van der Waals surface area contributed by atoms with Gasteiger partial charge < -0.3 is 38.0 Å². The zero-order chi connectivity index (χ0) is 30.9. The first kappa shape index (κ1) is 32.3. The first-order valence-electron chi connectivity index (χ1n) is 15.1. The van der Waals surface area contributed by atoms with Crippen LogP contribution in [0, 0.1) is 0 Å². The van der Waals surface area contributed by atoms with Crippen LogP contribution in [0.15, 0.2) is 83.5 Å². The van der Waals surface area contributed by atoms with E-state index in [4.69, 9.17) is 27.8 Å². The Morgan fingerprint density at radius 3 is 2.07 bits per heavy atom. The largest absolute Gasteiger partial charge is 0.464 e. The number of hydrogen-bond acceptors (Lipinski definition) is 8. The van der Waals surface area contributed by atoms with E-state index in [2.05, 4.69) is 64.7 Å². The lowest BCUT2D eigenvalue weighted by atomic mass is 9.85. The van der Waals surface area contributed by atoms with Crippen LogP contribution >= 0.6 is 0 Å². The van der Waals surface area contributed by atoms with Crippen LogP contribution in [0.3, 0.4) is 0 Å². The summed E-state index contributed by atoms with van der Waals surface area (Å²) >= 11 is 0. The fraction of sp³-hybridized carbons (Fsp3) is 0.515. The van der Waals surface area contributed by atoms with E-state index in [-0.39, 0.29) is 18.3 Å². The maximum Gasteiger partial charge on any atom is 0.261 e. The molecule has 0 unspecified atom stereocenters. The Kier molecular flexibility index (Phi) is 9.53. The number of ether oxygens (including phenoxy) is 4. The van der Waals surface area contributed by atoms with Gasteiger partial charge in [-0.2, -0.15) is 0 Å². The number of hydrogen-bond donors (Lipinski definition) is 2. The molecule has 0 saturated carbocycles. The number of benzene rings is 2. The molecule has 0 aliphatic carbocycles. The molecule has 2 fully saturated rings. The number of rotatable bonds is 10. The van der Waals surface area contributed by atoms with Crippen LogP contribution in [0.4, 0.5) is 0 Å². The minimum atomic E-state index is -2.96. The van der Waals surface area contributed by atoms with Crippen LogP contribution in [0.5, 0.6) is 0 Å². The smallest absolute Gasteiger partial charge is 0.261 e. The molecule has 1 aromatic heterocycles. The standard InChI is InChI=1S/C33H46O8Si2/c1-32(2,3)43(24-14-9-7-10-15-24,25-16-11-8-12-17-25)39-22-27-33(23-38-30(41-33)26-18-13-19-36-26)29(35)28(34)31(40-27)37-20-21-42(4,5)6/h7-19,27-31,34-35H,20-23H2,1-6H3/t27-,28-,29-,30+,31-,33+/m1/s1. The molecule has 1 spiro atoms. The molecule has 2 N–H and O–H groups in total. The van der Waals surface area contributed by atoms with Crippen molar-refractivity contribution < 1.29 is 38.0 Å². The summed E-state index contributed by atoms with van der Waals surface area (Å²) in [4.78, 5) is 0.